The molecule has 2 N–H and O–H groups in total. The molecule has 0 radical (unpaired) electrons. The summed E-state index contributed by atoms with van der Waals surface area (Å²) in [6, 6.07) is 8.36. The lowest BCUT2D eigenvalue weighted by Crippen LogP contribution is -2.18. The second-order valence-electron chi connectivity index (χ2n) is 6.75. The maximum Gasteiger partial charge on any atom is 0.338 e. The molecule has 0 fully saturated rings. The molecular weight excluding hydrogens is 358 g/mol. The van der Waals surface area contributed by atoms with Crippen molar-refractivity contribution in [3.63, 3.8) is 0 Å². The number of H-pyrrole nitrogens is 1. The molecule has 0 atom stereocenters. The van der Waals surface area contributed by atoms with Gasteiger partial charge in [0.2, 0.25) is 5.91 Å². The van der Waals surface area contributed by atoms with E-state index in [9.17, 15) is 14.4 Å². The largest absolute Gasteiger partial charge is 0.459 e. The summed E-state index contributed by atoms with van der Waals surface area (Å²) < 4.78 is 5.12. The number of nitrogens with one attached hydrogen (secondary N) is 2. The molecule has 0 aliphatic heterocycles. The highest BCUT2D eigenvalue weighted by Gasteiger charge is 2.14. The first-order valence-corrected chi connectivity index (χ1v) is 8.96. The van der Waals surface area contributed by atoms with E-state index in [4.69, 9.17) is 10.00 Å². The fourth-order valence-electron chi connectivity index (χ4n) is 2.85. The first-order valence-electron chi connectivity index (χ1n) is 8.96. The van der Waals surface area contributed by atoms with Crippen molar-refractivity contribution in [1.29, 1.82) is 5.26 Å². The number of anilines is 1. The van der Waals surface area contributed by atoms with Gasteiger partial charge in [-0.05, 0) is 69.5 Å². The zero-order valence-electron chi connectivity index (χ0n) is 16.4. The quantitative estimate of drug-likeness (QED) is 0.747. The van der Waals surface area contributed by atoms with Crippen LogP contribution in [0.4, 0.5) is 5.69 Å². The standard InChI is InChI=1S/C21H23N3O4/c1-12(2)28-21(27)15-5-7-16(8-6-15)24-19(25)10-9-17-13(3)18(11-22)20(26)23-14(17)4/h5-8,12H,9-10H2,1-4H3,(H,23,26)(H,24,25). The van der Waals surface area contributed by atoms with Crippen LogP contribution in [-0.4, -0.2) is 23.0 Å². The summed E-state index contributed by atoms with van der Waals surface area (Å²) in [5.41, 5.74) is 2.69. The van der Waals surface area contributed by atoms with Crippen molar-refractivity contribution >= 4 is 17.6 Å². The molecule has 0 aliphatic carbocycles. The summed E-state index contributed by atoms with van der Waals surface area (Å²) in [6.07, 6.45) is 0.386. The Balaban J connectivity index is 2.01. The topological polar surface area (TPSA) is 112 Å². The molecule has 0 bridgehead atoms. The zero-order valence-corrected chi connectivity index (χ0v) is 16.4. The third kappa shape index (κ3) is 5.07. The fraction of sp³-hybridized carbons (Fsp3) is 0.333. The summed E-state index contributed by atoms with van der Waals surface area (Å²) >= 11 is 0. The van der Waals surface area contributed by atoms with Gasteiger partial charge in [0, 0.05) is 17.8 Å². The van der Waals surface area contributed by atoms with Crippen LogP contribution in [0.5, 0.6) is 0 Å². The number of aromatic nitrogens is 1. The van der Waals surface area contributed by atoms with E-state index in [0.717, 1.165) is 5.56 Å². The first-order chi connectivity index (χ1) is 13.2. The third-order valence-electron chi connectivity index (χ3n) is 4.27. The van der Waals surface area contributed by atoms with Gasteiger partial charge in [0.1, 0.15) is 11.6 Å². The molecule has 0 unspecified atom stereocenters. The maximum atomic E-state index is 12.3. The number of benzene rings is 1. The van der Waals surface area contributed by atoms with Gasteiger partial charge in [-0.1, -0.05) is 0 Å². The minimum Gasteiger partial charge on any atom is -0.459 e. The number of hydrogen-bond donors (Lipinski definition) is 2. The Labute approximate surface area is 163 Å². The number of amides is 1. The smallest absolute Gasteiger partial charge is 0.338 e. The van der Waals surface area contributed by atoms with Crippen molar-refractivity contribution in [1.82, 2.24) is 4.98 Å². The molecule has 7 heteroatoms. The Bertz CT molecular complexity index is 982. The number of aromatic amines is 1. The normalized spacial score (nSPS) is 10.4. The van der Waals surface area contributed by atoms with Crippen LogP contribution in [0.1, 0.15) is 53.0 Å². The lowest BCUT2D eigenvalue weighted by Gasteiger charge is -2.11. The lowest BCUT2D eigenvalue weighted by molar-refractivity contribution is -0.116. The van der Waals surface area contributed by atoms with Crippen molar-refractivity contribution in [3.8, 4) is 6.07 Å². The van der Waals surface area contributed by atoms with Crippen LogP contribution in [0.2, 0.25) is 0 Å². The number of nitrogens with zero attached hydrogens (tertiary/aromatic N) is 1. The van der Waals surface area contributed by atoms with E-state index < -0.39 is 11.5 Å². The fourth-order valence-corrected chi connectivity index (χ4v) is 2.85. The minimum atomic E-state index is -0.415. The number of ether oxygens (including phenoxy) is 1. The first kappa shape index (κ1) is 20.9. The highest BCUT2D eigenvalue weighted by molar-refractivity contribution is 5.93. The van der Waals surface area contributed by atoms with Crippen molar-refractivity contribution in [2.45, 2.75) is 46.6 Å². The van der Waals surface area contributed by atoms with Crippen molar-refractivity contribution in [2.24, 2.45) is 0 Å². The number of nitriles is 1. The number of hydrogen-bond acceptors (Lipinski definition) is 5. The molecule has 0 saturated heterocycles. The summed E-state index contributed by atoms with van der Waals surface area (Å²) in [5, 5.41) is 11.9. The molecular formula is C21H23N3O4. The molecule has 1 aromatic carbocycles. The molecule has 28 heavy (non-hydrogen) atoms. The van der Waals surface area contributed by atoms with E-state index in [-0.39, 0.29) is 24.0 Å². The van der Waals surface area contributed by atoms with Gasteiger partial charge < -0.3 is 15.0 Å². The van der Waals surface area contributed by atoms with E-state index in [0.29, 0.717) is 28.9 Å². The van der Waals surface area contributed by atoms with E-state index in [1.165, 1.54) is 0 Å². The molecule has 0 spiro atoms. The van der Waals surface area contributed by atoms with Gasteiger partial charge in [0.05, 0.1) is 11.7 Å². The monoisotopic (exact) mass is 381 g/mol. The summed E-state index contributed by atoms with van der Waals surface area (Å²) in [5.74, 6) is -0.619. The summed E-state index contributed by atoms with van der Waals surface area (Å²) in [4.78, 5) is 38.5. The van der Waals surface area contributed by atoms with Crippen LogP contribution in [0.25, 0.3) is 0 Å². The predicted octanol–water partition coefficient (Wildman–Crippen LogP) is 3.00. The average molecular weight is 381 g/mol. The molecule has 0 saturated carbocycles. The van der Waals surface area contributed by atoms with Crippen LogP contribution in [0.15, 0.2) is 29.1 Å². The lowest BCUT2D eigenvalue weighted by atomic mass is 9.99. The number of carbonyl (C=O) groups excluding carboxylic acids is 2. The summed E-state index contributed by atoms with van der Waals surface area (Å²) in [7, 11) is 0. The number of pyridine rings is 1. The van der Waals surface area contributed by atoms with E-state index in [2.05, 4.69) is 10.3 Å². The van der Waals surface area contributed by atoms with Gasteiger partial charge in [-0.15, -0.1) is 0 Å². The van der Waals surface area contributed by atoms with Gasteiger partial charge in [0.25, 0.3) is 5.56 Å². The van der Waals surface area contributed by atoms with Crippen LogP contribution < -0.4 is 10.9 Å². The Kier molecular flexibility index (Phi) is 6.72. The molecule has 1 aromatic heterocycles. The highest BCUT2D eigenvalue weighted by Crippen LogP contribution is 2.16. The van der Waals surface area contributed by atoms with Gasteiger partial charge in [-0.2, -0.15) is 5.26 Å². The highest BCUT2D eigenvalue weighted by atomic mass is 16.5. The van der Waals surface area contributed by atoms with E-state index in [1.807, 2.05) is 6.07 Å². The van der Waals surface area contributed by atoms with Crippen molar-refractivity contribution in [3.05, 3.63) is 62.6 Å². The van der Waals surface area contributed by atoms with Crippen molar-refractivity contribution < 1.29 is 14.3 Å². The SMILES string of the molecule is Cc1[nH]c(=O)c(C#N)c(C)c1CCC(=O)Nc1ccc(C(=O)OC(C)C)cc1. The van der Waals surface area contributed by atoms with Crippen LogP contribution in [-0.2, 0) is 16.0 Å². The molecule has 2 rings (SSSR count). The molecule has 2 aromatic rings. The average Bonchev–Trinajstić information content (AvgIpc) is 2.61. The number of aryl methyl sites for hydroxylation is 1. The second kappa shape index (κ2) is 9.00. The van der Waals surface area contributed by atoms with Crippen LogP contribution in [0, 0.1) is 25.2 Å². The van der Waals surface area contributed by atoms with Crippen molar-refractivity contribution in [2.75, 3.05) is 5.32 Å². The van der Waals surface area contributed by atoms with Crippen LogP contribution in [0.3, 0.4) is 0 Å². The molecule has 7 nitrogen and oxygen atoms in total. The number of esters is 1. The van der Waals surface area contributed by atoms with E-state index in [1.54, 1.807) is 52.0 Å². The predicted molar refractivity (Wildman–Crippen MR) is 105 cm³/mol. The third-order valence-corrected chi connectivity index (χ3v) is 4.27. The maximum absolute atomic E-state index is 12.3. The van der Waals surface area contributed by atoms with E-state index >= 15 is 0 Å². The Morgan fingerprint density at radius 2 is 1.86 bits per heavy atom. The zero-order chi connectivity index (χ0) is 20.8. The van der Waals surface area contributed by atoms with Gasteiger partial charge in [0.15, 0.2) is 0 Å². The Morgan fingerprint density at radius 1 is 1.21 bits per heavy atom. The number of carbonyl (C=O) groups is 2. The molecule has 1 amide bonds. The van der Waals surface area contributed by atoms with Gasteiger partial charge in [-0.3, -0.25) is 9.59 Å². The number of rotatable bonds is 6. The second-order valence-corrected chi connectivity index (χ2v) is 6.75. The summed E-state index contributed by atoms with van der Waals surface area (Å²) in [6.45, 7) is 7.01. The Hall–Kier alpha value is -3.40. The Morgan fingerprint density at radius 3 is 2.43 bits per heavy atom. The molecule has 0 aliphatic rings. The minimum absolute atomic E-state index is 0.0740. The van der Waals surface area contributed by atoms with Gasteiger partial charge >= 0.3 is 5.97 Å². The van der Waals surface area contributed by atoms with Crippen LogP contribution >= 0.6 is 0 Å². The molecule has 1 heterocycles. The van der Waals surface area contributed by atoms with Gasteiger partial charge in [-0.25, -0.2) is 4.79 Å². The molecule has 146 valence electrons.